The van der Waals surface area contributed by atoms with E-state index in [9.17, 15) is 4.79 Å². The average molecular weight is 188 g/mol. The lowest BCUT2D eigenvalue weighted by molar-refractivity contribution is -0.132. The standard InChI is InChI=1S/C8H16N2O3/c1-12-8(13-2)6-10-4-3-9-7(11)5-10/h8H,3-6H2,1-2H3,(H,9,11). The number of nitrogens with zero attached hydrogens (tertiary/aromatic N) is 1. The van der Waals surface area contributed by atoms with Gasteiger partial charge in [-0.05, 0) is 0 Å². The zero-order valence-corrected chi connectivity index (χ0v) is 8.08. The molecule has 0 bridgehead atoms. The van der Waals surface area contributed by atoms with Gasteiger partial charge in [0.05, 0.1) is 13.1 Å². The predicted molar refractivity (Wildman–Crippen MR) is 47.3 cm³/mol. The molecule has 0 aromatic heterocycles. The second kappa shape index (κ2) is 5.16. The summed E-state index contributed by atoms with van der Waals surface area (Å²) in [6.45, 7) is 2.64. The molecule has 1 N–H and O–H groups in total. The number of hydrogen-bond acceptors (Lipinski definition) is 4. The van der Waals surface area contributed by atoms with Gasteiger partial charge in [-0.1, -0.05) is 0 Å². The van der Waals surface area contributed by atoms with Crippen molar-refractivity contribution in [2.45, 2.75) is 6.29 Å². The lowest BCUT2D eigenvalue weighted by atomic mass is 10.3. The SMILES string of the molecule is COC(CN1CCNC(=O)C1)OC. The number of ether oxygens (including phenoxy) is 2. The minimum Gasteiger partial charge on any atom is -0.355 e. The Labute approximate surface area is 78.0 Å². The van der Waals surface area contributed by atoms with Crippen LogP contribution in [0.5, 0.6) is 0 Å². The van der Waals surface area contributed by atoms with Crippen LogP contribution >= 0.6 is 0 Å². The molecule has 1 fully saturated rings. The van der Waals surface area contributed by atoms with Gasteiger partial charge in [-0.25, -0.2) is 0 Å². The third-order valence-electron chi connectivity index (χ3n) is 2.05. The number of carbonyl (C=O) groups is 1. The second-order valence-corrected chi connectivity index (χ2v) is 2.99. The molecule has 0 atom stereocenters. The van der Waals surface area contributed by atoms with Crippen molar-refractivity contribution in [2.75, 3.05) is 40.4 Å². The number of hydrogen-bond donors (Lipinski definition) is 1. The Bertz CT molecular complexity index is 171. The van der Waals surface area contributed by atoms with Gasteiger partial charge in [0.1, 0.15) is 0 Å². The van der Waals surface area contributed by atoms with Gasteiger partial charge >= 0.3 is 0 Å². The van der Waals surface area contributed by atoms with Crippen LogP contribution in [0.1, 0.15) is 0 Å². The van der Waals surface area contributed by atoms with Crippen molar-refractivity contribution in [1.29, 1.82) is 0 Å². The van der Waals surface area contributed by atoms with Gasteiger partial charge in [-0.3, -0.25) is 9.69 Å². The molecule has 0 radical (unpaired) electrons. The summed E-state index contributed by atoms with van der Waals surface area (Å²) in [6.07, 6.45) is -0.245. The number of amides is 1. The monoisotopic (exact) mass is 188 g/mol. The largest absolute Gasteiger partial charge is 0.355 e. The van der Waals surface area contributed by atoms with Crippen molar-refractivity contribution in [2.24, 2.45) is 0 Å². The Morgan fingerprint density at radius 1 is 1.54 bits per heavy atom. The van der Waals surface area contributed by atoms with Crippen molar-refractivity contribution in [3.63, 3.8) is 0 Å². The molecule has 1 aliphatic rings. The summed E-state index contributed by atoms with van der Waals surface area (Å²) in [5.74, 6) is 0.0669. The van der Waals surface area contributed by atoms with Crippen molar-refractivity contribution < 1.29 is 14.3 Å². The van der Waals surface area contributed by atoms with E-state index < -0.39 is 0 Å². The number of rotatable bonds is 4. The molecule has 0 spiro atoms. The Kier molecular flexibility index (Phi) is 4.14. The van der Waals surface area contributed by atoms with Crippen LogP contribution in [-0.4, -0.2) is 57.5 Å². The molecule has 1 amide bonds. The molecule has 5 nitrogen and oxygen atoms in total. The number of methoxy groups -OCH3 is 2. The van der Waals surface area contributed by atoms with Gasteiger partial charge in [-0.15, -0.1) is 0 Å². The molecule has 1 aliphatic heterocycles. The quantitative estimate of drug-likeness (QED) is 0.577. The summed E-state index contributed by atoms with van der Waals surface area (Å²) in [5.41, 5.74) is 0. The van der Waals surface area contributed by atoms with Gasteiger partial charge in [-0.2, -0.15) is 0 Å². The normalized spacial score (nSPS) is 19.2. The summed E-state index contributed by atoms with van der Waals surface area (Å²) in [6, 6.07) is 0. The molecule has 0 aromatic rings. The lowest BCUT2D eigenvalue weighted by Crippen LogP contribution is -2.50. The van der Waals surface area contributed by atoms with E-state index in [0.717, 1.165) is 6.54 Å². The first-order valence-corrected chi connectivity index (χ1v) is 4.31. The van der Waals surface area contributed by atoms with Crippen LogP contribution in [0.15, 0.2) is 0 Å². The third kappa shape index (κ3) is 3.30. The molecule has 1 saturated heterocycles. The first-order chi connectivity index (χ1) is 6.26. The predicted octanol–water partition coefficient (Wildman–Crippen LogP) is -0.963. The zero-order chi connectivity index (χ0) is 9.68. The summed E-state index contributed by atoms with van der Waals surface area (Å²) in [5, 5.41) is 2.76. The molecule has 0 aromatic carbocycles. The molecule has 76 valence electrons. The van der Waals surface area contributed by atoms with Crippen LogP contribution in [0.2, 0.25) is 0 Å². The van der Waals surface area contributed by atoms with E-state index in [4.69, 9.17) is 9.47 Å². The fourth-order valence-corrected chi connectivity index (χ4v) is 1.30. The molecule has 13 heavy (non-hydrogen) atoms. The highest BCUT2D eigenvalue weighted by atomic mass is 16.7. The van der Waals surface area contributed by atoms with E-state index in [1.165, 1.54) is 0 Å². The molecule has 1 rings (SSSR count). The molecule has 5 heteroatoms. The first kappa shape index (κ1) is 10.4. The highest BCUT2D eigenvalue weighted by Gasteiger charge is 2.19. The van der Waals surface area contributed by atoms with Crippen LogP contribution < -0.4 is 5.32 Å². The van der Waals surface area contributed by atoms with Crippen LogP contribution in [0.25, 0.3) is 0 Å². The van der Waals surface area contributed by atoms with Crippen LogP contribution in [0.3, 0.4) is 0 Å². The highest BCUT2D eigenvalue weighted by Crippen LogP contribution is 1.99. The molecule has 1 heterocycles. The maximum atomic E-state index is 11.0. The van der Waals surface area contributed by atoms with E-state index in [1.807, 2.05) is 4.90 Å². The van der Waals surface area contributed by atoms with Crippen molar-refractivity contribution in [3.05, 3.63) is 0 Å². The maximum absolute atomic E-state index is 11.0. The van der Waals surface area contributed by atoms with Crippen LogP contribution in [0.4, 0.5) is 0 Å². The van der Waals surface area contributed by atoms with E-state index in [1.54, 1.807) is 14.2 Å². The lowest BCUT2D eigenvalue weighted by Gasteiger charge is -2.28. The molecular weight excluding hydrogens is 172 g/mol. The van der Waals surface area contributed by atoms with E-state index >= 15 is 0 Å². The van der Waals surface area contributed by atoms with Crippen molar-refractivity contribution in [3.8, 4) is 0 Å². The summed E-state index contributed by atoms with van der Waals surface area (Å²) >= 11 is 0. The van der Waals surface area contributed by atoms with E-state index in [0.29, 0.717) is 19.6 Å². The Morgan fingerprint density at radius 3 is 2.77 bits per heavy atom. The van der Waals surface area contributed by atoms with Gasteiger partial charge in [0.25, 0.3) is 0 Å². The minimum atomic E-state index is -0.245. The fourth-order valence-electron chi connectivity index (χ4n) is 1.30. The Hall–Kier alpha value is -0.650. The Morgan fingerprint density at radius 2 is 2.23 bits per heavy atom. The number of nitrogens with one attached hydrogen (secondary N) is 1. The topological polar surface area (TPSA) is 50.8 Å². The van der Waals surface area contributed by atoms with Gasteiger partial charge in [0.2, 0.25) is 5.91 Å². The number of piperazine rings is 1. The molecule has 0 aliphatic carbocycles. The Balaban J connectivity index is 2.30. The van der Waals surface area contributed by atoms with Crippen molar-refractivity contribution >= 4 is 5.91 Å². The molecule has 0 unspecified atom stereocenters. The smallest absolute Gasteiger partial charge is 0.234 e. The zero-order valence-electron chi connectivity index (χ0n) is 8.08. The minimum absolute atomic E-state index is 0.0669. The van der Waals surface area contributed by atoms with E-state index in [2.05, 4.69) is 5.32 Å². The first-order valence-electron chi connectivity index (χ1n) is 4.31. The van der Waals surface area contributed by atoms with Crippen LogP contribution in [-0.2, 0) is 14.3 Å². The fraction of sp³-hybridized carbons (Fsp3) is 0.875. The average Bonchev–Trinajstić information content (AvgIpc) is 2.14. The summed E-state index contributed by atoms with van der Waals surface area (Å²) in [7, 11) is 3.19. The highest BCUT2D eigenvalue weighted by molar-refractivity contribution is 5.78. The molecular formula is C8H16N2O3. The summed E-state index contributed by atoms with van der Waals surface area (Å²) < 4.78 is 10.1. The van der Waals surface area contributed by atoms with Gasteiger partial charge < -0.3 is 14.8 Å². The third-order valence-corrected chi connectivity index (χ3v) is 2.05. The maximum Gasteiger partial charge on any atom is 0.234 e. The number of carbonyl (C=O) groups excluding carboxylic acids is 1. The van der Waals surface area contributed by atoms with Crippen molar-refractivity contribution in [1.82, 2.24) is 10.2 Å². The van der Waals surface area contributed by atoms with Gasteiger partial charge in [0.15, 0.2) is 6.29 Å². The summed E-state index contributed by atoms with van der Waals surface area (Å²) in [4.78, 5) is 13.0. The van der Waals surface area contributed by atoms with E-state index in [-0.39, 0.29) is 12.2 Å². The van der Waals surface area contributed by atoms with Crippen LogP contribution in [0, 0.1) is 0 Å². The molecule has 0 saturated carbocycles. The van der Waals surface area contributed by atoms with Gasteiger partial charge in [0, 0.05) is 27.3 Å². The second-order valence-electron chi connectivity index (χ2n) is 2.99.